The fraction of sp³-hybridized carbons (Fsp3) is 1.00. The van der Waals surface area contributed by atoms with Crippen molar-refractivity contribution in [2.24, 2.45) is 17.1 Å². The van der Waals surface area contributed by atoms with Crippen LogP contribution in [-0.4, -0.2) is 5.54 Å². The lowest BCUT2D eigenvalue weighted by Crippen LogP contribution is -2.48. The van der Waals surface area contributed by atoms with Crippen LogP contribution in [0.15, 0.2) is 0 Å². The van der Waals surface area contributed by atoms with Crippen LogP contribution >= 0.6 is 0 Å². The fourth-order valence-electron chi connectivity index (χ4n) is 2.67. The minimum absolute atomic E-state index is 0.0814. The van der Waals surface area contributed by atoms with Gasteiger partial charge in [0, 0.05) is 5.54 Å². The molecule has 0 aromatic carbocycles. The molecule has 2 saturated carbocycles. The summed E-state index contributed by atoms with van der Waals surface area (Å²) in [6.45, 7) is 4.41. The molecule has 1 heteroatoms. The first-order valence-corrected chi connectivity index (χ1v) is 4.85. The third-order valence-electron chi connectivity index (χ3n) is 3.96. The molecule has 0 spiro atoms. The summed E-state index contributed by atoms with van der Waals surface area (Å²) in [7, 11) is 0. The van der Waals surface area contributed by atoms with Crippen LogP contribution in [0.25, 0.3) is 0 Å². The predicted molar refractivity (Wildman–Crippen MR) is 47.3 cm³/mol. The average molecular weight is 153 g/mol. The average Bonchev–Trinajstić information content (AvgIpc) is 2.37. The van der Waals surface area contributed by atoms with Crippen molar-refractivity contribution in [1.29, 1.82) is 0 Å². The zero-order valence-electron chi connectivity index (χ0n) is 7.69. The molecule has 2 rings (SSSR count). The monoisotopic (exact) mass is 153 g/mol. The van der Waals surface area contributed by atoms with Crippen molar-refractivity contribution in [2.75, 3.05) is 0 Å². The van der Waals surface area contributed by atoms with Crippen molar-refractivity contribution in [2.45, 2.75) is 51.5 Å². The Morgan fingerprint density at radius 2 is 1.82 bits per heavy atom. The van der Waals surface area contributed by atoms with E-state index in [0.29, 0.717) is 5.41 Å². The number of hydrogen-bond donors (Lipinski definition) is 1. The smallest absolute Gasteiger partial charge is 0.0156 e. The molecule has 0 heterocycles. The van der Waals surface area contributed by atoms with Crippen LogP contribution in [0.1, 0.15) is 46.0 Å². The van der Waals surface area contributed by atoms with Gasteiger partial charge < -0.3 is 5.73 Å². The van der Waals surface area contributed by atoms with Crippen molar-refractivity contribution in [3.63, 3.8) is 0 Å². The fourth-order valence-corrected chi connectivity index (χ4v) is 2.67. The molecular formula is C10H19N. The molecule has 11 heavy (non-hydrogen) atoms. The Hall–Kier alpha value is -0.0400. The highest BCUT2D eigenvalue weighted by atomic mass is 14.8. The van der Waals surface area contributed by atoms with Gasteiger partial charge in [-0.15, -0.1) is 0 Å². The summed E-state index contributed by atoms with van der Waals surface area (Å²) in [6, 6.07) is 0. The molecule has 2 fully saturated rings. The Balaban J connectivity index is 2.09. The largest absolute Gasteiger partial charge is 0.325 e. The highest BCUT2D eigenvalue weighted by Gasteiger charge is 2.58. The third-order valence-corrected chi connectivity index (χ3v) is 3.96. The van der Waals surface area contributed by atoms with E-state index in [1.54, 1.807) is 0 Å². The van der Waals surface area contributed by atoms with Gasteiger partial charge in [0.05, 0.1) is 0 Å². The summed E-state index contributed by atoms with van der Waals surface area (Å²) in [5, 5.41) is 0. The van der Waals surface area contributed by atoms with Gasteiger partial charge in [-0.2, -0.15) is 0 Å². The first-order valence-electron chi connectivity index (χ1n) is 4.85. The molecule has 0 unspecified atom stereocenters. The second-order valence-corrected chi connectivity index (χ2v) is 5.01. The minimum Gasteiger partial charge on any atom is -0.325 e. The molecule has 2 aliphatic carbocycles. The molecular weight excluding hydrogens is 134 g/mol. The van der Waals surface area contributed by atoms with Gasteiger partial charge in [-0.1, -0.05) is 6.42 Å². The van der Waals surface area contributed by atoms with Crippen LogP contribution in [0.3, 0.4) is 0 Å². The van der Waals surface area contributed by atoms with Crippen molar-refractivity contribution in [1.82, 2.24) is 0 Å². The lowest BCUT2D eigenvalue weighted by Gasteiger charge is -2.42. The summed E-state index contributed by atoms with van der Waals surface area (Å²) >= 11 is 0. The topological polar surface area (TPSA) is 26.0 Å². The Morgan fingerprint density at radius 1 is 1.27 bits per heavy atom. The molecule has 2 N–H and O–H groups in total. The van der Waals surface area contributed by atoms with E-state index in [4.69, 9.17) is 5.73 Å². The molecule has 0 aromatic rings. The van der Waals surface area contributed by atoms with E-state index in [2.05, 4.69) is 13.8 Å². The van der Waals surface area contributed by atoms with Crippen LogP contribution < -0.4 is 5.73 Å². The predicted octanol–water partition coefficient (Wildman–Crippen LogP) is 2.30. The van der Waals surface area contributed by atoms with E-state index in [0.717, 1.165) is 5.92 Å². The summed E-state index contributed by atoms with van der Waals surface area (Å²) in [4.78, 5) is 0. The zero-order chi connectivity index (χ0) is 8.11. The molecule has 2 aliphatic rings. The van der Waals surface area contributed by atoms with E-state index < -0.39 is 0 Å². The highest BCUT2D eigenvalue weighted by molar-refractivity contribution is 5.11. The molecule has 0 radical (unpaired) electrons. The Kier molecular flexibility index (Phi) is 1.39. The minimum atomic E-state index is 0.0814. The van der Waals surface area contributed by atoms with Crippen molar-refractivity contribution >= 4 is 0 Å². The first kappa shape index (κ1) is 7.60. The van der Waals surface area contributed by atoms with Crippen molar-refractivity contribution < 1.29 is 0 Å². The third kappa shape index (κ3) is 0.936. The van der Waals surface area contributed by atoms with E-state index >= 15 is 0 Å². The number of nitrogens with two attached hydrogens (primary N) is 1. The zero-order valence-corrected chi connectivity index (χ0v) is 7.69. The van der Waals surface area contributed by atoms with Gasteiger partial charge in [-0.25, -0.2) is 0 Å². The number of rotatable bonds is 2. The van der Waals surface area contributed by atoms with Gasteiger partial charge >= 0.3 is 0 Å². The normalized spacial score (nSPS) is 29.7. The van der Waals surface area contributed by atoms with Crippen LogP contribution in [0.5, 0.6) is 0 Å². The van der Waals surface area contributed by atoms with Gasteiger partial charge in [0.2, 0.25) is 0 Å². The van der Waals surface area contributed by atoms with Gasteiger partial charge in [0.1, 0.15) is 0 Å². The SMILES string of the molecule is CC(C)(N)C1(C2CCC2)CC1. The molecule has 0 saturated heterocycles. The van der Waals surface area contributed by atoms with Crippen LogP contribution in [0.4, 0.5) is 0 Å². The quantitative estimate of drug-likeness (QED) is 0.647. The van der Waals surface area contributed by atoms with Crippen LogP contribution in [0, 0.1) is 11.3 Å². The molecule has 0 aliphatic heterocycles. The maximum Gasteiger partial charge on any atom is 0.0156 e. The van der Waals surface area contributed by atoms with Gasteiger partial charge in [-0.05, 0) is 50.9 Å². The maximum atomic E-state index is 6.19. The Labute approximate surface area is 69.4 Å². The summed E-state index contributed by atoms with van der Waals surface area (Å²) in [6.07, 6.45) is 7.12. The lowest BCUT2D eigenvalue weighted by atomic mass is 9.66. The second-order valence-electron chi connectivity index (χ2n) is 5.01. The van der Waals surface area contributed by atoms with E-state index in [-0.39, 0.29) is 5.54 Å². The van der Waals surface area contributed by atoms with Gasteiger partial charge in [0.15, 0.2) is 0 Å². The van der Waals surface area contributed by atoms with Crippen molar-refractivity contribution in [3.8, 4) is 0 Å². The summed E-state index contributed by atoms with van der Waals surface area (Å²) < 4.78 is 0. The van der Waals surface area contributed by atoms with E-state index in [9.17, 15) is 0 Å². The molecule has 0 bridgehead atoms. The Morgan fingerprint density at radius 3 is 1.91 bits per heavy atom. The standard InChI is InChI=1S/C10H19N/c1-9(2,11)10(6-7-10)8-4-3-5-8/h8H,3-7,11H2,1-2H3. The summed E-state index contributed by atoms with van der Waals surface area (Å²) in [5.74, 6) is 0.975. The molecule has 0 amide bonds. The highest BCUT2D eigenvalue weighted by Crippen LogP contribution is 2.63. The summed E-state index contributed by atoms with van der Waals surface area (Å²) in [5.41, 5.74) is 6.83. The molecule has 0 atom stereocenters. The molecule has 64 valence electrons. The second kappa shape index (κ2) is 2.01. The van der Waals surface area contributed by atoms with Crippen LogP contribution in [0.2, 0.25) is 0 Å². The van der Waals surface area contributed by atoms with Crippen LogP contribution in [-0.2, 0) is 0 Å². The van der Waals surface area contributed by atoms with E-state index in [1.807, 2.05) is 0 Å². The van der Waals surface area contributed by atoms with Gasteiger partial charge in [0.25, 0.3) is 0 Å². The molecule has 1 nitrogen and oxygen atoms in total. The molecule has 0 aromatic heterocycles. The number of hydrogen-bond acceptors (Lipinski definition) is 1. The van der Waals surface area contributed by atoms with E-state index in [1.165, 1.54) is 32.1 Å². The first-order chi connectivity index (χ1) is 5.06. The Bertz CT molecular complexity index is 158. The lowest BCUT2D eigenvalue weighted by molar-refractivity contribution is 0.115. The van der Waals surface area contributed by atoms with Crippen molar-refractivity contribution in [3.05, 3.63) is 0 Å². The van der Waals surface area contributed by atoms with Gasteiger partial charge in [-0.3, -0.25) is 0 Å². The maximum absolute atomic E-state index is 6.19.